The predicted molar refractivity (Wildman–Crippen MR) is 121 cm³/mol. The van der Waals surface area contributed by atoms with Gasteiger partial charge in [-0.15, -0.1) is 0 Å². The lowest BCUT2D eigenvalue weighted by Crippen LogP contribution is -2.18. The third-order valence-electron chi connectivity index (χ3n) is 4.95. The summed E-state index contributed by atoms with van der Waals surface area (Å²) in [6.07, 6.45) is -4.62. The van der Waals surface area contributed by atoms with E-state index in [2.05, 4.69) is 0 Å². The van der Waals surface area contributed by atoms with Gasteiger partial charge >= 0.3 is 0 Å². The standard InChI is InChI=1S/C27H23P/c1-3-13-23(14-4-1)28(24-15-5-2-6-16-24)27-25-17-9-7-11-21(25)19-20-22-12-8-10-18-26(22)27/h1-18,27H,19-20H2/i19D2,20D2,27D. The molecule has 28 heavy (non-hydrogen) atoms. The van der Waals surface area contributed by atoms with Gasteiger partial charge < -0.3 is 0 Å². The van der Waals surface area contributed by atoms with Crippen molar-refractivity contribution >= 4 is 18.5 Å². The summed E-state index contributed by atoms with van der Waals surface area (Å²) in [5.41, 5.74) is 0.106. The molecule has 0 amide bonds. The largest absolute Gasteiger partial charge is 0.0622 e. The van der Waals surface area contributed by atoms with Crippen LogP contribution in [0.25, 0.3) is 0 Å². The minimum atomic E-state index is -2.31. The highest BCUT2D eigenvalue weighted by atomic mass is 31.1. The molecular weight excluding hydrogens is 355 g/mol. The summed E-state index contributed by atoms with van der Waals surface area (Å²) in [5.74, 6) is 0. The Bertz CT molecular complexity index is 1190. The van der Waals surface area contributed by atoms with Crippen LogP contribution in [0.4, 0.5) is 0 Å². The minimum absolute atomic E-state index is 0.237. The van der Waals surface area contributed by atoms with Crippen molar-refractivity contribution in [3.05, 3.63) is 131 Å². The zero-order valence-corrected chi connectivity index (χ0v) is 16.2. The molecule has 0 atom stereocenters. The predicted octanol–water partition coefficient (Wildman–Crippen LogP) is 6.01. The van der Waals surface area contributed by atoms with Crippen LogP contribution in [-0.4, -0.2) is 0 Å². The van der Waals surface area contributed by atoms with Crippen molar-refractivity contribution in [3.8, 4) is 0 Å². The van der Waals surface area contributed by atoms with Crippen molar-refractivity contribution in [1.82, 2.24) is 0 Å². The number of aryl methyl sites for hydroxylation is 2. The molecule has 0 radical (unpaired) electrons. The number of rotatable bonds is 3. The minimum Gasteiger partial charge on any atom is -0.0622 e. The molecule has 1 heteroatoms. The van der Waals surface area contributed by atoms with Gasteiger partial charge in [-0.05, 0) is 53.5 Å². The lowest BCUT2D eigenvalue weighted by atomic mass is 10.00. The lowest BCUT2D eigenvalue weighted by molar-refractivity contribution is 0.965. The number of hydrogen-bond acceptors (Lipinski definition) is 0. The first-order valence-corrected chi connectivity index (χ1v) is 10.7. The van der Waals surface area contributed by atoms with Crippen LogP contribution >= 0.6 is 7.92 Å². The molecule has 0 heterocycles. The van der Waals surface area contributed by atoms with Gasteiger partial charge in [0.1, 0.15) is 0 Å². The van der Waals surface area contributed by atoms with Crippen LogP contribution in [0.2, 0.25) is 0 Å². The van der Waals surface area contributed by atoms with Crippen molar-refractivity contribution in [2.75, 3.05) is 0 Å². The monoisotopic (exact) mass is 383 g/mol. The maximum Gasteiger partial charge on any atom is 0.0459 e. The van der Waals surface area contributed by atoms with E-state index < -0.39 is 26.3 Å². The van der Waals surface area contributed by atoms with E-state index in [1.165, 1.54) is 0 Å². The lowest BCUT2D eigenvalue weighted by Gasteiger charge is -2.31. The molecule has 5 rings (SSSR count). The van der Waals surface area contributed by atoms with Gasteiger partial charge in [0.2, 0.25) is 0 Å². The molecule has 1 aliphatic rings. The maximum absolute atomic E-state index is 10.2. The van der Waals surface area contributed by atoms with Gasteiger partial charge in [0.15, 0.2) is 0 Å². The van der Waals surface area contributed by atoms with Crippen LogP contribution in [0.3, 0.4) is 0 Å². The quantitative estimate of drug-likeness (QED) is 0.380. The number of hydrogen-bond donors (Lipinski definition) is 0. The van der Waals surface area contributed by atoms with Crippen LogP contribution < -0.4 is 10.6 Å². The second-order valence-electron chi connectivity index (χ2n) is 6.70. The normalized spacial score (nSPS) is 21.0. The van der Waals surface area contributed by atoms with Gasteiger partial charge in [-0.3, -0.25) is 0 Å². The average Bonchev–Trinajstić information content (AvgIpc) is 2.88. The van der Waals surface area contributed by atoms with Crippen LogP contribution in [0, 0.1) is 0 Å². The summed E-state index contributed by atoms with van der Waals surface area (Å²) >= 11 is 0. The molecule has 0 nitrogen and oxygen atoms in total. The molecule has 0 aliphatic heterocycles. The average molecular weight is 383 g/mol. The van der Waals surface area contributed by atoms with Gasteiger partial charge in [0.25, 0.3) is 0 Å². The highest BCUT2D eigenvalue weighted by molar-refractivity contribution is 7.73. The first-order chi connectivity index (χ1) is 15.8. The van der Waals surface area contributed by atoms with Crippen molar-refractivity contribution in [1.29, 1.82) is 0 Å². The van der Waals surface area contributed by atoms with E-state index in [-0.39, 0.29) is 11.1 Å². The molecule has 0 spiro atoms. The van der Waals surface area contributed by atoms with E-state index in [0.717, 1.165) is 10.6 Å². The topological polar surface area (TPSA) is 0 Å². The van der Waals surface area contributed by atoms with Gasteiger partial charge in [-0.2, -0.15) is 0 Å². The summed E-state index contributed by atoms with van der Waals surface area (Å²) in [7, 11) is -1.39. The second kappa shape index (κ2) is 7.74. The van der Waals surface area contributed by atoms with Crippen LogP contribution in [0.5, 0.6) is 0 Å². The van der Waals surface area contributed by atoms with Crippen LogP contribution in [-0.2, 0) is 12.7 Å². The molecule has 1 aliphatic carbocycles. The molecule has 0 aromatic heterocycles. The molecule has 0 bridgehead atoms. The molecule has 0 N–H and O–H groups in total. The molecule has 0 fully saturated rings. The highest BCUT2D eigenvalue weighted by Gasteiger charge is 2.32. The zero-order chi connectivity index (χ0) is 23.3. The van der Waals surface area contributed by atoms with Crippen molar-refractivity contribution < 1.29 is 6.85 Å². The fourth-order valence-electron chi connectivity index (χ4n) is 3.68. The van der Waals surface area contributed by atoms with E-state index in [1.54, 1.807) is 36.4 Å². The van der Waals surface area contributed by atoms with Gasteiger partial charge in [-0.25, -0.2) is 0 Å². The fraction of sp³-hybridized carbons (Fsp3) is 0.111. The van der Waals surface area contributed by atoms with Crippen molar-refractivity contribution in [2.24, 2.45) is 0 Å². The molecule has 0 saturated carbocycles. The Kier molecular flexibility index (Phi) is 3.51. The summed E-state index contributed by atoms with van der Waals surface area (Å²) in [6, 6.07) is 33.9. The first-order valence-electron chi connectivity index (χ1n) is 11.9. The molecule has 0 saturated heterocycles. The third-order valence-corrected chi connectivity index (χ3v) is 7.51. The van der Waals surface area contributed by atoms with Crippen LogP contribution in [0.15, 0.2) is 109 Å². The summed E-state index contributed by atoms with van der Waals surface area (Å²) in [4.78, 5) is 0. The van der Waals surface area contributed by atoms with Crippen LogP contribution in [0.1, 0.15) is 34.7 Å². The Morgan fingerprint density at radius 3 is 1.43 bits per heavy atom. The molecule has 0 unspecified atom stereocenters. The number of fused-ring (bicyclic) bond motifs is 2. The Balaban J connectivity index is 1.95. The van der Waals surface area contributed by atoms with E-state index >= 15 is 0 Å². The summed E-state index contributed by atoms with van der Waals surface area (Å²) in [5, 5.41) is 1.97. The van der Waals surface area contributed by atoms with Crippen molar-refractivity contribution in [3.63, 3.8) is 0 Å². The molecule has 4 aromatic carbocycles. The third kappa shape index (κ3) is 3.19. The Hall–Kier alpha value is -2.69. The van der Waals surface area contributed by atoms with Crippen molar-refractivity contribution in [2.45, 2.75) is 18.4 Å². The maximum atomic E-state index is 10.2. The van der Waals surface area contributed by atoms with Gasteiger partial charge in [0, 0.05) is 12.5 Å². The molecular formula is C27H23P. The van der Waals surface area contributed by atoms with E-state index in [0.29, 0.717) is 11.1 Å². The van der Waals surface area contributed by atoms with E-state index in [1.807, 2.05) is 72.8 Å². The zero-order valence-electron chi connectivity index (χ0n) is 20.3. The summed E-state index contributed by atoms with van der Waals surface area (Å²) in [6.45, 7) is 0. The molecule has 136 valence electrons. The summed E-state index contributed by atoms with van der Waals surface area (Å²) < 4.78 is 45.9. The number of benzene rings is 4. The van der Waals surface area contributed by atoms with E-state index in [4.69, 9.17) is 5.48 Å². The smallest absolute Gasteiger partial charge is 0.0459 e. The Labute approximate surface area is 175 Å². The van der Waals surface area contributed by atoms with E-state index in [9.17, 15) is 1.37 Å². The second-order valence-corrected chi connectivity index (χ2v) is 8.85. The Morgan fingerprint density at radius 1 is 0.571 bits per heavy atom. The molecule has 4 aromatic rings. The SMILES string of the molecule is [2H]C1(P(c2ccccc2)c2ccccc2)c2ccccc2C([2H])([2H])C([2H])([2H])c2ccccc21. The first kappa shape index (κ1) is 12.7. The fourth-order valence-corrected chi connectivity index (χ4v) is 6.31. The highest BCUT2D eigenvalue weighted by Crippen LogP contribution is 2.55. The Morgan fingerprint density at radius 2 is 0.964 bits per heavy atom. The van der Waals surface area contributed by atoms with Gasteiger partial charge in [-0.1, -0.05) is 109 Å². The van der Waals surface area contributed by atoms with Gasteiger partial charge in [0.05, 0.1) is 0 Å².